The summed E-state index contributed by atoms with van der Waals surface area (Å²) in [6.45, 7) is 4.40. The lowest BCUT2D eigenvalue weighted by Gasteiger charge is -2.30. The van der Waals surface area contributed by atoms with Gasteiger partial charge in [-0.3, -0.25) is 9.59 Å². The third-order valence-corrected chi connectivity index (χ3v) is 5.54. The molecule has 0 aliphatic heterocycles. The minimum Gasteiger partial charge on any atom is -0.349 e. The SMILES string of the molecule is Cc1ccc(C(=O)NC(CC(=O)NC(C)(CN)C2CC2)c2ccccc2)cc1.Cl. The first-order chi connectivity index (χ1) is 13.4. The van der Waals surface area contributed by atoms with Gasteiger partial charge in [-0.1, -0.05) is 48.0 Å². The lowest BCUT2D eigenvalue weighted by atomic mass is 9.95. The van der Waals surface area contributed by atoms with Crippen molar-refractivity contribution in [2.45, 2.75) is 44.7 Å². The highest BCUT2D eigenvalue weighted by Gasteiger charge is 2.41. The molecule has 29 heavy (non-hydrogen) atoms. The van der Waals surface area contributed by atoms with Gasteiger partial charge in [0, 0.05) is 12.1 Å². The summed E-state index contributed by atoms with van der Waals surface area (Å²) in [4.78, 5) is 25.5. The molecule has 0 heterocycles. The summed E-state index contributed by atoms with van der Waals surface area (Å²) in [6, 6.07) is 16.6. The number of hydrogen-bond acceptors (Lipinski definition) is 3. The highest BCUT2D eigenvalue weighted by molar-refractivity contribution is 5.94. The fourth-order valence-corrected chi connectivity index (χ4v) is 3.48. The van der Waals surface area contributed by atoms with E-state index in [1.165, 1.54) is 0 Å². The van der Waals surface area contributed by atoms with Crippen molar-refractivity contribution in [2.24, 2.45) is 11.7 Å². The van der Waals surface area contributed by atoms with Crippen LogP contribution in [-0.4, -0.2) is 23.9 Å². The lowest BCUT2D eigenvalue weighted by Crippen LogP contribution is -2.53. The standard InChI is InChI=1S/C23H29N3O2.ClH/c1-16-8-10-18(11-9-16)22(28)25-20(17-6-4-3-5-7-17)14-21(27)26-23(2,15-24)19-12-13-19;/h3-11,19-20H,12-15,24H2,1-2H3,(H,25,28)(H,26,27);1H. The van der Waals surface area contributed by atoms with Crippen molar-refractivity contribution in [3.8, 4) is 0 Å². The molecule has 2 unspecified atom stereocenters. The average molecular weight is 416 g/mol. The second-order valence-electron chi connectivity index (χ2n) is 7.95. The molecular formula is C23H30ClN3O2. The van der Waals surface area contributed by atoms with Crippen molar-refractivity contribution in [2.75, 3.05) is 6.54 Å². The van der Waals surface area contributed by atoms with Crippen molar-refractivity contribution in [1.82, 2.24) is 10.6 Å². The maximum Gasteiger partial charge on any atom is 0.251 e. The third-order valence-electron chi connectivity index (χ3n) is 5.54. The van der Waals surface area contributed by atoms with Gasteiger partial charge in [0.1, 0.15) is 0 Å². The maximum absolute atomic E-state index is 12.8. The van der Waals surface area contributed by atoms with Gasteiger partial charge in [-0.2, -0.15) is 0 Å². The molecule has 1 saturated carbocycles. The minimum atomic E-state index is -0.406. The van der Waals surface area contributed by atoms with Crippen molar-refractivity contribution in [3.05, 3.63) is 71.3 Å². The number of hydrogen-bond donors (Lipinski definition) is 3. The summed E-state index contributed by atoms with van der Waals surface area (Å²) < 4.78 is 0. The minimum absolute atomic E-state index is 0. The summed E-state index contributed by atoms with van der Waals surface area (Å²) in [6.07, 6.45) is 2.37. The van der Waals surface area contributed by atoms with E-state index in [-0.39, 0.29) is 36.2 Å². The molecule has 156 valence electrons. The van der Waals surface area contributed by atoms with Crippen LogP contribution in [0.25, 0.3) is 0 Å². The van der Waals surface area contributed by atoms with Crippen LogP contribution in [0, 0.1) is 12.8 Å². The van der Waals surface area contributed by atoms with E-state index in [0.717, 1.165) is 24.0 Å². The summed E-state index contributed by atoms with van der Waals surface area (Å²) in [5.74, 6) is 0.155. The van der Waals surface area contributed by atoms with E-state index in [9.17, 15) is 9.59 Å². The zero-order valence-electron chi connectivity index (χ0n) is 17.0. The van der Waals surface area contributed by atoms with Gasteiger partial charge in [0.2, 0.25) is 5.91 Å². The van der Waals surface area contributed by atoms with Gasteiger partial charge in [0.25, 0.3) is 5.91 Å². The first-order valence-electron chi connectivity index (χ1n) is 9.85. The van der Waals surface area contributed by atoms with Crippen LogP contribution < -0.4 is 16.4 Å². The first-order valence-corrected chi connectivity index (χ1v) is 9.85. The van der Waals surface area contributed by atoms with Crippen LogP contribution in [-0.2, 0) is 4.79 Å². The molecule has 3 rings (SSSR count). The van der Waals surface area contributed by atoms with Crippen molar-refractivity contribution in [3.63, 3.8) is 0 Å². The van der Waals surface area contributed by atoms with Gasteiger partial charge in [-0.15, -0.1) is 12.4 Å². The fourth-order valence-electron chi connectivity index (χ4n) is 3.48. The molecule has 1 fully saturated rings. The van der Waals surface area contributed by atoms with Crippen molar-refractivity contribution < 1.29 is 9.59 Å². The van der Waals surface area contributed by atoms with Crippen LogP contribution in [0.3, 0.4) is 0 Å². The quantitative estimate of drug-likeness (QED) is 0.616. The van der Waals surface area contributed by atoms with E-state index >= 15 is 0 Å². The molecule has 5 nitrogen and oxygen atoms in total. The zero-order valence-corrected chi connectivity index (χ0v) is 17.8. The molecule has 0 saturated heterocycles. The number of rotatable bonds is 8. The van der Waals surface area contributed by atoms with Gasteiger partial charge in [-0.25, -0.2) is 0 Å². The number of amides is 2. The lowest BCUT2D eigenvalue weighted by molar-refractivity contribution is -0.123. The van der Waals surface area contributed by atoms with Crippen LogP contribution in [0.15, 0.2) is 54.6 Å². The molecule has 2 atom stereocenters. The molecule has 2 amide bonds. The maximum atomic E-state index is 12.8. The normalized spacial score (nSPS) is 16.1. The number of aryl methyl sites for hydroxylation is 1. The monoisotopic (exact) mass is 415 g/mol. The number of nitrogens with one attached hydrogen (secondary N) is 2. The van der Waals surface area contributed by atoms with Crippen molar-refractivity contribution in [1.29, 1.82) is 0 Å². The molecule has 4 N–H and O–H groups in total. The molecule has 1 aliphatic rings. The van der Waals surface area contributed by atoms with Gasteiger partial charge < -0.3 is 16.4 Å². The Kier molecular flexibility index (Phi) is 7.82. The Morgan fingerprint density at radius 1 is 1.10 bits per heavy atom. The van der Waals surface area contributed by atoms with E-state index in [2.05, 4.69) is 10.6 Å². The fraction of sp³-hybridized carbons (Fsp3) is 0.391. The van der Waals surface area contributed by atoms with Crippen molar-refractivity contribution >= 4 is 24.2 Å². The largest absolute Gasteiger partial charge is 0.349 e. The molecule has 2 aromatic rings. The number of carbonyl (C=O) groups excluding carboxylic acids is 2. The number of halogens is 1. The highest BCUT2D eigenvalue weighted by Crippen LogP contribution is 2.39. The Morgan fingerprint density at radius 3 is 2.28 bits per heavy atom. The third kappa shape index (κ3) is 6.05. The molecule has 6 heteroatoms. The van der Waals surface area contributed by atoms with E-state index in [1.807, 2.05) is 56.3 Å². The Bertz CT molecular complexity index is 822. The van der Waals surface area contributed by atoms with Gasteiger partial charge >= 0.3 is 0 Å². The van der Waals surface area contributed by atoms with E-state index in [4.69, 9.17) is 5.73 Å². The predicted molar refractivity (Wildman–Crippen MR) is 118 cm³/mol. The van der Waals surface area contributed by atoms with E-state index < -0.39 is 6.04 Å². The smallest absolute Gasteiger partial charge is 0.251 e. The molecule has 2 aromatic carbocycles. The Balaban J connectivity index is 0.00000300. The number of nitrogens with two attached hydrogens (primary N) is 1. The second-order valence-corrected chi connectivity index (χ2v) is 7.95. The van der Waals surface area contributed by atoms with E-state index in [1.54, 1.807) is 12.1 Å². The topological polar surface area (TPSA) is 84.2 Å². The summed E-state index contributed by atoms with van der Waals surface area (Å²) in [7, 11) is 0. The Hall–Kier alpha value is -2.37. The molecular weight excluding hydrogens is 386 g/mol. The summed E-state index contributed by atoms with van der Waals surface area (Å²) >= 11 is 0. The average Bonchev–Trinajstić information content (AvgIpc) is 3.54. The van der Waals surface area contributed by atoms with Crippen LogP contribution in [0.1, 0.15) is 53.7 Å². The van der Waals surface area contributed by atoms with Crippen LogP contribution in [0.5, 0.6) is 0 Å². The second kappa shape index (κ2) is 9.90. The van der Waals surface area contributed by atoms with E-state index in [0.29, 0.717) is 18.0 Å². The molecule has 0 spiro atoms. The van der Waals surface area contributed by atoms with Crippen LogP contribution in [0.4, 0.5) is 0 Å². The number of benzene rings is 2. The predicted octanol–water partition coefficient (Wildman–Crippen LogP) is 3.52. The molecule has 0 bridgehead atoms. The van der Waals surface area contributed by atoms with Crippen LogP contribution >= 0.6 is 12.4 Å². The van der Waals surface area contributed by atoms with Gasteiger partial charge in [-0.05, 0) is 50.3 Å². The Labute approximate surface area is 178 Å². The first kappa shape index (κ1) is 22.9. The zero-order chi connectivity index (χ0) is 20.1. The van der Waals surface area contributed by atoms with Crippen LogP contribution in [0.2, 0.25) is 0 Å². The number of carbonyl (C=O) groups is 2. The Morgan fingerprint density at radius 2 is 1.72 bits per heavy atom. The molecule has 0 radical (unpaired) electrons. The molecule has 0 aromatic heterocycles. The van der Waals surface area contributed by atoms with Gasteiger partial charge in [0.05, 0.1) is 18.0 Å². The van der Waals surface area contributed by atoms with Gasteiger partial charge in [0.15, 0.2) is 0 Å². The summed E-state index contributed by atoms with van der Waals surface area (Å²) in [5, 5.41) is 6.13. The summed E-state index contributed by atoms with van der Waals surface area (Å²) in [5.41, 5.74) is 8.12. The highest BCUT2D eigenvalue weighted by atomic mass is 35.5. The molecule has 1 aliphatic carbocycles.